The third-order valence-electron chi connectivity index (χ3n) is 6.08. The molecular weight excluding hydrogens is 412 g/mol. The number of rotatable bonds is 6. The van der Waals surface area contributed by atoms with Gasteiger partial charge in [0, 0.05) is 38.9 Å². The van der Waals surface area contributed by atoms with Crippen LogP contribution < -0.4 is 10.1 Å². The summed E-state index contributed by atoms with van der Waals surface area (Å²) in [5.41, 5.74) is 0.444. The van der Waals surface area contributed by atoms with E-state index in [0.29, 0.717) is 50.7 Å². The molecule has 0 radical (unpaired) electrons. The zero-order chi connectivity index (χ0) is 22.7. The van der Waals surface area contributed by atoms with Crippen LogP contribution >= 0.6 is 0 Å². The van der Waals surface area contributed by atoms with Crippen molar-refractivity contribution < 1.29 is 19.1 Å². The van der Waals surface area contributed by atoms with Gasteiger partial charge in [0.15, 0.2) is 5.82 Å². The second kappa shape index (κ2) is 9.64. The highest BCUT2D eigenvalue weighted by Gasteiger charge is 2.32. The van der Waals surface area contributed by atoms with Crippen LogP contribution in [0.5, 0.6) is 5.88 Å². The molecular formula is C22H30N6O4. The molecule has 2 amide bonds. The van der Waals surface area contributed by atoms with E-state index in [1.165, 1.54) is 7.11 Å². The van der Waals surface area contributed by atoms with Crippen LogP contribution in [-0.4, -0.2) is 69.9 Å². The van der Waals surface area contributed by atoms with E-state index in [2.05, 4.69) is 34.3 Å². The Kier molecular flexibility index (Phi) is 6.69. The number of hydrogen-bond donors (Lipinski definition) is 1. The van der Waals surface area contributed by atoms with E-state index in [1.807, 2.05) is 4.57 Å². The molecule has 1 N–H and O–H groups in total. The Morgan fingerprint density at radius 3 is 2.81 bits per heavy atom. The van der Waals surface area contributed by atoms with Crippen LogP contribution in [0.4, 0.5) is 0 Å². The highest BCUT2D eigenvalue weighted by Crippen LogP contribution is 2.25. The Morgan fingerprint density at radius 2 is 2.09 bits per heavy atom. The van der Waals surface area contributed by atoms with Crippen molar-refractivity contribution in [3.8, 4) is 5.88 Å². The SMILES string of the molecule is COc1ncccc1C(=O)N1CCc2nnc([C@@H](NC(=O)[C@H]3CCOC3)C(C)C)n2CC1. The number of nitrogens with zero attached hydrogens (tertiary/aromatic N) is 5. The van der Waals surface area contributed by atoms with Crippen molar-refractivity contribution in [2.75, 3.05) is 33.4 Å². The number of nitrogens with one attached hydrogen (secondary N) is 1. The largest absolute Gasteiger partial charge is 0.480 e. The molecule has 0 aromatic carbocycles. The second-order valence-electron chi connectivity index (χ2n) is 8.52. The Bertz CT molecular complexity index is 969. The molecule has 172 valence electrons. The number of hydrogen-bond acceptors (Lipinski definition) is 7. The maximum absolute atomic E-state index is 13.1. The summed E-state index contributed by atoms with van der Waals surface area (Å²) in [7, 11) is 1.51. The minimum Gasteiger partial charge on any atom is -0.480 e. The van der Waals surface area contributed by atoms with Crippen molar-refractivity contribution in [3.63, 3.8) is 0 Å². The Balaban J connectivity index is 1.50. The van der Waals surface area contributed by atoms with Gasteiger partial charge in [0.2, 0.25) is 11.8 Å². The lowest BCUT2D eigenvalue weighted by atomic mass is 10.0. The van der Waals surface area contributed by atoms with Crippen molar-refractivity contribution in [1.82, 2.24) is 30.0 Å². The quantitative estimate of drug-likeness (QED) is 0.716. The predicted molar refractivity (Wildman–Crippen MR) is 115 cm³/mol. The number of fused-ring (bicyclic) bond motifs is 1. The summed E-state index contributed by atoms with van der Waals surface area (Å²) in [5.74, 6) is 1.76. The summed E-state index contributed by atoms with van der Waals surface area (Å²) in [4.78, 5) is 31.8. The number of carbonyl (C=O) groups excluding carboxylic acids is 2. The molecule has 10 nitrogen and oxygen atoms in total. The molecule has 0 unspecified atom stereocenters. The van der Waals surface area contributed by atoms with E-state index in [-0.39, 0.29) is 29.7 Å². The topological polar surface area (TPSA) is 111 Å². The normalized spacial score (nSPS) is 19.4. The lowest BCUT2D eigenvalue weighted by Gasteiger charge is -2.24. The Morgan fingerprint density at radius 1 is 1.25 bits per heavy atom. The summed E-state index contributed by atoms with van der Waals surface area (Å²) in [5, 5.41) is 12.0. The third kappa shape index (κ3) is 4.45. The minimum atomic E-state index is -0.259. The highest BCUT2D eigenvalue weighted by atomic mass is 16.5. The van der Waals surface area contributed by atoms with Crippen LogP contribution in [0, 0.1) is 11.8 Å². The van der Waals surface area contributed by atoms with Gasteiger partial charge in [0.1, 0.15) is 11.4 Å². The first-order valence-electron chi connectivity index (χ1n) is 11.1. The van der Waals surface area contributed by atoms with E-state index >= 15 is 0 Å². The fourth-order valence-electron chi connectivity index (χ4n) is 4.21. The summed E-state index contributed by atoms with van der Waals surface area (Å²) >= 11 is 0. The Labute approximate surface area is 187 Å². The molecule has 2 aliphatic rings. The van der Waals surface area contributed by atoms with Crippen molar-refractivity contribution in [2.24, 2.45) is 11.8 Å². The van der Waals surface area contributed by atoms with Gasteiger partial charge in [-0.15, -0.1) is 10.2 Å². The van der Waals surface area contributed by atoms with Gasteiger partial charge in [-0.25, -0.2) is 4.98 Å². The van der Waals surface area contributed by atoms with Crippen LogP contribution in [0.3, 0.4) is 0 Å². The molecule has 4 rings (SSSR count). The van der Waals surface area contributed by atoms with Crippen LogP contribution in [0.15, 0.2) is 18.3 Å². The summed E-state index contributed by atoms with van der Waals surface area (Å²) in [6.45, 7) is 6.77. The molecule has 0 bridgehead atoms. The number of methoxy groups -OCH3 is 1. The smallest absolute Gasteiger partial charge is 0.259 e. The number of aromatic nitrogens is 4. The third-order valence-corrected chi connectivity index (χ3v) is 6.08. The van der Waals surface area contributed by atoms with E-state index in [4.69, 9.17) is 9.47 Å². The minimum absolute atomic E-state index is 0.00681. The first kappa shape index (κ1) is 22.2. The number of amides is 2. The van der Waals surface area contributed by atoms with Gasteiger partial charge in [0.25, 0.3) is 5.91 Å². The molecule has 1 fully saturated rings. The van der Waals surface area contributed by atoms with Crippen LogP contribution in [0.1, 0.15) is 48.3 Å². The number of carbonyl (C=O) groups is 2. The van der Waals surface area contributed by atoms with E-state index in [1.54, 1.807) is 23.2 Å². The summed E-state index contributed by atoms with van der Waals surface area (Å²) < 4.78 is 12.7. The van der Waals surface area contributed by atoms with E-state index < -0.39 is 0 Å². The van der Waals surface area contributed by atoms with Crippen molar-refractivity contribution in [1.29, 1.82) is 0 Å². The molecule has 2 aromatic heterocycles. The maximum atomic E-state index is 13.1. The molecule has 2 atom stereocenters. The zero-order valence-electron chi connectivity index (χ0n) is 18.8. The lowest BCUT2D eigenvalue weighted by molar-refractivity contribution is -0.126. The second-order valence-corrected chi connectivity index (χ2v) is 8.52. The zero-order valence-corrected chi connectivity index (χ0v) is 18.8. The number of ether oxygens (including phenoxy) is 2. The lowest BCUT2D eigenvalue weighted by Crippen LogP contribution is -2.38. The molecule has 0 aliphatic carbocycles. The fourth-order valence-corrected chi connectivity index (χ4v) is 4.21. The van der Waals surface area contributed by atoms with Crippen molar-refractivity contribution in [3.05, 3.63) is 35.5 Å². The standard InChI is InChI=1S/C22H30N6O4/c1-14(2)18(24-20(29)15-7-12-32-13-15)19-26-25-17-6-9-27(10-11-28(17)19)22(30)16-5-4-8-23-21(16)31-3/h4-5,8,14-15,18H,6-7,9-13H2,1-3H3,(H,24,29)/t15-,18-/m0/s1. The Hall–Kier alpha value is -3.01. The van der Waals surface area contributed by atoms with Crippen LogP contribution in [-0.2, 0) is 22.5 Å². The fraction of sp³-hybridized carbons (Fsp3) is 0.591. The van der Waals surface area contributed by atoms with Gasteiger partial charge in [-0.1, -0.05) is 13.8 Å². The summed E-state index contributed by atoms with van der Waals surface area (Å²) in [6.07, 6.45) is 2.92. The molecule has 2 aliphatic heterocycles. The van der Waals surface area contributed by atoms with Gasteiger partial charge in [0.05, 0.1) is 25.7 Å². The van der Waals surface area contributed by atoms with Gasteiger partial charge >= 0.3 is 0 Å². The van der Waals surface area contributed by atoms with Gasteiger partial charge in [-0.3, -0.25) is 9.59 Å². The molecule has 2 aromatic rings. The van der Waals surface area contributed by atoms with Gasteiger partial charge in [-0.05, 0) is 24.5 Å². The molecule has 32 heavy (non-hydrogen) atoms. The first-order valence-corrected chi connectivity index (χ1v) is 11.1. The van der Waals surface area contributed by atoms with Crippen molar-refractivity contribution in [2.45, 2.75) is 39.3 Å². The molecule has 1 saturated heterocycles. The van der Waals surface area contributed by atoms with Crippen molar-refractivity contribution >= 4 is 11.8 Å². The summed E-state index contributed by atoms with van der Waals surface area (Å²) in [6, 6.07) is 3.19. The molecule has 0 spiro atoms. The highest BCUT2D eigenvalue weighted by molar-refractivity contribution is 5.96. The van der Waals surface area contributed by atoms with Gasteiger partial charge < -0.3 is 24.3 Å². The van der Waals surface area contributed by atoms with E-state index in [9.17, 15) is 9.59 Å². The van der Waals surface area contributed by atoms with Gasteiger partial charge in [-0.2, -0.15) is 0 Å². The number of pyridine rings is 1. The average Bonchev–Trinajstić information content (AvgIpc) is 3.43. The van der Waals surface area contributed by atoms with E-state index in [0.717, 1.165) is 18.1 Å². The molecule has 0 saturated carbocycles. The first-order chi connectivity index (χ1) is 15.5. The average molecular weight is 443 g/mol. The maximum Gasteiger partial charge on any atom is 0.259 e. The van der Waals surface area contributed by atoms with Crippen LogP contribution in [0.25, 0.3) is 0 Å². The van der Waals surface area contributed by atoms with Crippen LogP contribution in [0.2, 0.25) is 0 Å². The molecule has 4 heterocycles. The monoisotopic (exact) mass is 442 g/mol. The predicted octanol–water partition coefficient (Wildman–Crippen LogP) is 1.23. The molecule has 10 heteroatoms.